The van der Waals surface area contributed by atoms with E-state index >= 15 is 0 Å². The summed E-state index contributed by atoms with van der Waals surface area (Å²) in [6, 6.07) is 14.1. The third-order valence-corrected chi connectivity index (χ3v) is 4.12. The maximum atomic E-state index is 6.18. The van der Waals surface area contributed by atoms with Gasteiger partial charge in [-0.1, -0.05) is 18.2 Å². The van der Waals surface area contributed by atoms with Gasteiger partial charge in [0.15, 0.2) is 5.82 Å². The van der Waals surface area contributed by atoms with Crippen LogP contribution in [0.25, 0.3) is 22.4 Å². The number of nitrogens with two attached hydrogens (primary N) is 1. The number of ether oxygens (including phenoxy) is 1. The van der Waals surface area contributed by atoms with Crippen molar-refractivity contribution in [1.29, 1.82) is 0 Å². The van der Waals surface area contributed by atoms with Gasteiger partial charge in [-0.25, -0.2) is 15.0 Å². The van der Waals surface area contributed by atoms with E-state index in [1.807, 2.05) is 30.3 Å². The Morgan fingerprint density at radius 1 is 1.00 bits per heavy atom. The molecule has 2 N–H and O–H groups in total. The van der Waals surface area contributed by atoms with Gasteiger partial charge in [0.2, 0.25) is 0 Å². The van der Waals surface area contributed by atoms with E-state index in [0.29, 0.717) is 17.3 Å². The normalized spacial score (nSPS) is 10.8. The van der Waals surface area contributed by atoms with Gasteiger partial charge in [-0.2, -0.15) is 0 Å². The van der Waals surface area contributed by atoms with Crippen LogP contribution in [0, 0.1) is 0 Å². The van der Waals surface area contributed by atoms with Crippen molar-refractivity contribution < 1.29 is 4.74 Å². The average molecular weight is 343 g/mol. The molecule has 0 aliphatic carbocycles. The smallest absolute Gasteiger partial charge is 0.182 e. The van der Waals surface area contributed by atoms with Crippen molar-refractivity contribution in [2.45, 2.75) is 6.42 Å². The van der Waals surface area contributed by atoms with Crippen molar-refractivity contribution in [3.63, 3.8) is 0 Å². The molecular weight excluding hydrogens is 326 g/mol. The summed E-state index contributed by atoms with van der Waals surface area (Å²) >= 11 is 0. The van der Waals surface area contributed by atoms with Gasteiger partial charge in [0.25, 0.3) is 0 Å². The molecule has 2 heterocycles. The molecule has 6 nitrogen and oxygen atoms in total. The van der Waals surface area contributed by atoms with Crippen molar-refractivity contribution >= 4 is 16.7 Å². The molecule has 0 atom stereocenters. The number of fused-ring (bicyclic) bond motifs is 1. The van der Waals surface area contributed by atoms with E-state index in [1.165, 1.54) is 5.56 Å². The number of aromatic nitrogens is 4. The molecule has 0 unspecified atom stereocenters. The predicted molar refractivity (Wildman–Crippen MR) is 101 cm³/mol. The summed E-state index contributed by atoms with van der Waals surface area (Å²) < 4.78 is 5.29. The van der Waals surface area contributed by atoms with Crippen LogP contribution in [-0.4, -0.2) is 27.0 Å². The third kappa shape index (κ3) is 3.17. The fourth-order valence-electron chi connectivity index (χ4n) is 2.86. The van der Waals surface area contributed by atoms with Crippen LogP contribution in [0.15, 0.2) is 61.1 Å². The van der Waals surface area contributed by atoms with Gasteiger partial charge in [0.05, 0.1) is 18.8 Å². The summed E-state index contributed by atoms with van der Waals surface area (Å²) in [5, 5.41) is 0.832. The molecule has 26 heavy (non-hydrogen) atoms. The van der Waals surface area contributed by atoms with E-state index in [9.17, 15) is 0 Å². The molecule has 0 saturated heterocycles. The highest BCUT2D eigenvalue weighted by Crippen LogP contribution is 2.24. The fourth-order valence-corrected chi connectivity index (χ4v) is 2.86. The molecule has 0 bridgehead atoms. The highest BCUT2D eigenvalue weighted by Gasteiger charge is 2.09. The topological polar surface area (TPSA) is 86.8 Å². The summed E-state index contributed by atoms with van der Waals surface area (Å²) in [4.78, 5) is 17.2. The Morgan fingerprint density at radius 2 is 1.88 bits per heavy atom. The molecule has 0 aliphatic heterocycles. The zero-order valence-corrected chi connectivity index (χ0v) is 14.3. The Hall–Kier alpha value is -3.54. The SMILES string of the molecule is COc1cccc(Cc2ccc3nc(-c4cnccn4)nc(N)c3c2)c1. The van der Waals surface area contributed by atoms with Gasteiger partial charge >= 0.3 is 0 Å². The molecule has 6 heteroatoms. The van der Waals surface area contributed by atoms with E-state index in [0.717, 1.165) is 28.6 Å². The number of hydrogen-bond acceptors (Lipinski definition) is 6. The summed E-state index contributed by atoms with van der Waals surface area (Å²) in [6.07, 6.45) is 5.62. The monoisotopic (exact) mass is 343 g/mol. The lowest BCUT2D eigenvalue weighted by Gasteiger charge is -2.08. The maximum Gasteiger partial charge on any atom is 0.182 e. The van der Waals surface area contributed by atoms with Crippen LogP contribution in [0.3, 0.4) is 0 Å². The average Bonchev–Trinajstić information content (AvgIpc) is 2.69. The number of nitrogen functional groups attached to an aromatic ring is 1. The first-order valence-corrected chi connectivity index (χ1v) is 8.18. The van der Waals surface area contributed by atoms with Crippen LogP contribution in [0.1, 0.15) is 11.1 Å². The second-order valence-electron chi connectivity index (χ2n) is 5.90. The molecule has 2 aromatic heterocycles. The molecule has 0 fully saturated rings. The maximum absolute atomic E-state index is 6.18. The Labute approximate surface area is 150 Å². The minimum Gasteiger partial charge on any atom is -0.497 e. The van der Waals surface area contributed by atoms with Crippen molar-refractivity contribution in [2.75, 3.05) is 12.8 Å². The standard InChI is InChI=1S/C20H17N5O/c1-26-15-4-2-3-13(10-15)9-14-5-6-17-16(11-14)19(21)25-20(24-17)18-12-22-7-8-23-18/h2-8,10-12H,9H2,1H3,(H2,21,24,25). The van der Waals surface area contributed by atoms with E-state index in [4.69, 9.17) is 10.5 Å². The molecule has 4 rings (SSSR count). The Bertz CT molecular complexity index is 1070. The first-order valence-electron chi connectivity index (χ1n) is 8.18. The van der Waals surface area contributed by atoms with Gasteiger partial charge in [-0.05, 0) is 41.8 Å². The van der Waals surface area contributed by atoms with Gasteiger partial charge < -0.3 is 10.5 Å². The van der Waals surface area contributed by atoms with E-state index in [1.54, 1.807) is 25.7 Å². The first-order chi connectivity index (χ1) is 12.7. The first kappa shape index (κ1) is 16.0. The van der Waals surface area contributed by atoms with E-state index < -0.39 is 0 Å². The summed E-state index contributed by atoms with van der Waals surface area (Å²) in [6.45, 7) is 0. The lowest BCUT2D eigenvalue weighted by molar-refractivity contribution is 0.414. The summed E-state index contributed by atoms with van der Waals surface area (Å²) in [5.74, 6) is 1.76. The van der Waals surface area contributed by atoms with Gasteiger partial charge in [0, 0.05) is 17.8 Å². The second-order valence-corrected chi connectivity index (χ2v) is 5.90. The van der Waals surface area contributed by atoms with Crippen molar-refractivity contribution in [3.05, 3.63) is 72.2 Å². The minimum absolute atomic E-state index is 0.433. The lowest BCUT2D eigenvalue weighted by Crippen LogP contribution is -2.00. The van der Waals surface area contributed by atoms with Crippen molar-refractivity contribution in [1.82, 2.24) is 19.9 Å². The van der Waals surface area contributed by atoms with Crippen molar-refractivity contribution in [2.24, 2.45) is 0 Å². The highest BCUT2D eigenvalue weighted by molar-refractivity contribution is 5.89. The van der Waals surface area contributed by atoms with Crippen LogP contribution < -0.4 is 10.5 Å². The lowest BCUT2D eigenvalue weighted by atomic mass is 10.0. The third-order valence-electron chi connectivity index (χ3n) is 4.12. The Balaban J connectivity index is 1.70. The molecular formula is C20H17N5O. The van der Waals surface area contributed by atoms with E-state index in [2.05, 4.69) is 32.1 Å². The summed E-state index contributed by atoms with van der Waals surface area (Å²) in [7, 11) is 1.67. The van der Waals surface area contributed by atoms with Gasteiger partial charge in [-0.15, -0.1) is 0 Å². The van der Waals surface area contributed by atoms with Crippen LogP contribution in [0.5, 0.6) is 5.75 Å². The number of rotatable bonds is 4. The quantitative estimate of drug-likeness (QED) is 0.612. The zero-order chi connectivity index (χ0) is 17.9. The minimum atomic E-state index is 0.433. The van der Waals surface area contributed by atoms with Crippen LogP contribution >= 0.6 is 0 Å². The number of anilines is 1. The molecule has 0 radical (unpaired) electrons. The molecule has 0 saturated carbocycles. The fraction of sp³-hybridized carbons (Fsp3) is 0.100. The number of hydrogen-bond donors (Lipinski definition) is 1. The zero-order valence-electron chi connectivity index (χ0n) is 14.3. The van der Waals surface area contributed by atoms with Crippen LogP contribution in [0.4, 0.5) is 5.82 Å². The molecule has 128 valence electrons. The molecule has 0 aliphatic rings. The second kappa shape index (κ2) is 6.76. The Morgan fingerprint density at radius 3 is 2.69 bits per heavy atom. The molecule has 0 spiro atoms. The van der Waals surface area contributed by atoms with Crippen LogP contribution in [0.2, 0.25) is 0 Å². The van der Waals surface area contributed by atoms with Gasteiger partial charge in [-0.3, -0.25) is 4.98 Å². The summed E-state index contributed by atoms with van der Waals surface area (Å²) in [5.41, 5.74) is 9.87. The highest BCUT2D eigenvalue weighted by atomic mass is 16.5. The number of nitrogens with zero attached hydrogens (tertiary/aromatic N) is 4. The molecule has 4 aromatic rings. The van der Waals surface area contributed by atoms with Crippen molar-refractivity contribution in [3.8, 4) is 17.3 Å². The van der Waals surface area contributed by atoms with Gasteiger partial charge in [0.1, 0.15) is 17.3 Å². The van der Waals surface area contributed by atoms with E-state index in [-0.39, 0.29) is 0 Å². The largest absolute Gasteiger partial charge is 0.497 e. The van der Waals surface area contributed by atoms with Crippen LogP contribution in [-0.2, 0) is 6.42 Å². The Kier molecular flexibility index (Phi) is 4.15. The predicted octanol–water partition coefficient (Wildman–Crippen LogP) is 3.27. The molecule has 2 aromatic carbocycles. The number of benzene rings is 2. The molecule has 0 amide bonds. The number of methoxy groups -OCH3 is 1.